The smallest absolute Gasteiger partial charge is 0.338 e. The second kappa shape index (κ2) is 6.22. The van der Waals surface area contributed by atoms with E-state index < -0.39 is 6.04 Å². The maximum absolute atomic E-state index is 12.7. The van der Waals surface area contributed by atoms with E-state index in [9.17, 15) is 9.90 Å². The second-order valence-electron chi connectivity index (χ2n) is 6.18. The van der Waals surface area contributed by atoms with E-state index in [2.05, 4.69) is 10.3 Å². The number of hydrogen-bond donors (Lipinski definition) is 2. The van der Waals surface area contributed by atoms with Crippen LogP contribution >= 0.6 is 0 Å². The molecule has 0 fully saturated rings. The van der Waals surface area contributed by atoms with Crippen molar-refractivity contribution < 1.29 is 14.6 Å². The average Bonchev–Trinajstić information content (AvgIpc) is 2.98. The molecule has 2 heterocycles. The van der Waals surface area contributed by atoms with E-state index in [0.717, 1.165) is 16.6 Å². The number of ether oxygens (including phenoxy) is 1. The third-order valence-electron chi connectivity index (χ3n) is 4.51. The van der Waals surface area contributed by atoms with Crippen LogP contribution in [0.25, 0.3) is 11.0 Å². The Bertz CT molecular complexity index is 1040. The number of carbonyl (C=O) groups excluding carboxylic acids is 1. The molecule has 3 aromatic rings. The first-order chi connectivity index (χ1) is 12.6. The van der Waals surface area contributed by atoms with Gasteiger partial charge in [-0.15, -0.1) is 0 Å². The minimum Gasteiger partial charge on any atom is -0.508 e. The fourth-order valence-corrected chi connectivity index (χ4v) is 3.45. The largest absolute Gasteiger partial charge is 0.508 e. The van der Waals surface area contributed by atoms with Crippen molar-refractivity contribution in [2.24, 2.45) is 0 Å². The van der Waals surface area contributed by atoms with Crippen molar-refractivity contribution in [3.8, 4) is 5.75 Å². The number of fused-ring (bicyclic) bond motifs is 3. The molecule has 0 saturated carbocycles. The summed E-state index contributed by atoms with van der Waals surface area (Å²) in [4.78, 5) is 17.4. The van der Waals surface area contributed by atoms with E-state index in [-0.39, 0.29) is 11.7 Å². The molecule has 132 valence electrons. The Morgan fingerprint density at radius 3 is 2.85 bits per heavy atom. The molecule has 1 aromatic heterocycles. The van der Waals surface area contributed by atoms with Crippen LogP contribution in [0.15, 0.2) is 59.8 Å². The number of anilines is 1. The molecule has 2 N–H and O–H groups in total. The summed E-state index contributed by atoms with van der Waals surface area (Å²) in [7, 11) is 0. The van der Waals surface area contributed by atoms with Crippen molar-refractivity contribution in [3.05, 3.63) is 65.4 Å². The number of aromatic nitrogens is 2. The van der Waals surface area contributed by atoms with Gasteiger partial charge < -0.3 is 15.2 Å². The number of hydrogen-bond acceptors (Lipinski definition) is 5. The number of allylic oxidation sites excluding steroid dienone is 1. The van der Waals surface area contributed by atoms with Crippen LogP contribution in [0, 0.1) is 0 Å². The zero-order valence-electron chi connectivity index (χ0n) is 14.6. The second-order valence-corrected chi connectivity index (χ2v) is 6.18. The van der Waals surface area contributed by atoms with Crippen molar-refractivity contribution in [3.63, 3.8) is 0 Å². The number of para-hydroxylation sites is 2. The number of esters is 1. The van der Waals surface area contributed by atoms with Crippen LogP contribution in [0.1, 0.15) is 25.5 Å². The molecule has 0 saturated heterocycles. The van der Waals surface area contributed by atoms with Gasteiger partial charge in [-0.2, -0.15) is 0 Å². The van der Waals surface area contributed by atoms with Gasteiger partial charge in [0, 0.05) is 5.70 Å². The lowest BCUT2D eigenvalue weighted by molar-refractivity contribution is -0.139. The highest BCUT2D eigenvalue weighted by Gasteiger charge is 2.34. The first kappa shape index (κ1) is 16.2. The molecule has 1 aliphatic heterocycles. The fraction of sp³-hybridized carbons (Fsp3) is 0.200. The number of nitrogens with zero attached hydrogens (tertiary/aromatic N) is 2. The summed E-state index contributed by atoms with van der Waals surface area (Å²) in [5, 5.41) is 13.2. The van der Waals surface area contributed by atoms with Crippen molar-refractivity contribution in [2.75, 3.05) is 11.9 Å². The molecule has 1 atom stereocenters. The van der Waals surface area contributed by atoms with Crippen LogP contribution in [0.2, 0.25) is 0 Å². The van der Waals surface area contributed by atoms with Gasteiger partial charge in [-0.05, 0) is 43.7 Å². The molecule has 1 aliphatic rings. The lowest BCUT2D eigenvalue weighted by atomic mass is 9.95. The van der Waals surface area contributed by atoms with Crippen molar-refractivity contribution in [1.82, 2.24) is 9.55 Å². The zero-order chi connectivity index (χ0) is 18.3. The molecule has 6 heteroatoms. The number of phenolic OH excluding ortho intramolecular Hbond substituents is 1. The van der Waals surface area contributed by atoms with Crippen molar-refractivity contribution >= 4 is 23.0 Å². The standard InChI is InChI=1S/C20H19N3O3/c1-3-26-19(25)17-12(2)21-20-22-15-9-4-5-10-16(15)23(20)18(17)13-7-6-8-14(24)11-13/h4-11,18,24H,3H2,1-2H3,(H,21,22)/t18-/m0/s1. The Labute approximate surface area is 150 Å². The normalized spacial score (nSPS) is 16.3. The van der Waals surface area contributed by atoms with Gasteiger partial charge in [-0.3, -0.25) is 4.57 Å². The van der Waals surface area contributed by atoms with E-state index >= 15 is 0 Å². The third-order valence-corrected chi connectivity index (χ3v) is 4.51. The van der Waals surface area contributed by atoms with Gasteiger partial charge >= 0.3 is 5.97 Å². The molecular weight excluding hydrogens is 330 g/mol. The quantitative estimate of drug-likeness (QED) is 0.707. The Kier molecular flexibility index (Phi) is 3.88. The third kappa shape index (κ3) is 2.50. The topological polar surface area (TPSA) is 76.4 Å². The SMILES string of the molecule is CCOC(=O)C1=C(C)Nc2nc3ccccc3n2[C@H]1c1cccc(O)c1. The summed E-state index contributed by atoms with van der Waals surface area (Å²) in [5.74, 6) is 0.423. The van der Waals surface area contributed by atoms with Gasteiger partial charge in [0.15, 0.2) is 0 Å². The maximum atomic E-state index is 12.7. The Hall–Kier alpha value is -3.28. The lowest BCUT2D eigenvalue weighted by Gasteiger charge is -2.30. The molecule has 2 aromatic carbocycles. The van der Waals surface area contributed by atoms with Gasteiger partial charge in [-0.25, -0.2) is 9.78 Å². The molecule has 26 heavy (non-hydrogen) atoms. The highest BCUT2D eigenvalue weighted by molar-refractivity contribution is 5.94. The van der Waals surface area contributed by atoms with E-state index in [1.807, 2.05) is 41.8 Å². The fourth-order valence-electron chi connectivity index (χ4n) is 3.45. The lowest BCUT2D eigenvalue weighted by Crippen LogP contribution is -2.28. The van der Waals surface area contributed by atoms with E-state index in [1.54, 1.807) is 25.1 Å². The van der Waals surface area contributed by atoms with E-state index in [4.69, 9.17) is 4.74 Å². The minimum absolute atomic E-state index is 0.146. The zero-order valence-corrected chi connectivity index (χ0v) is 14.6. The van der Waals surface area contributed by atoms with Crippen LogP contribution in [0.5, 0.6) is 5.75 Å². The van der Waals surface area contributed by atoms with Gasteiger partial charge in [0.1, 0.15) is 5.75 Å². The van der Waals surface area contributed by atoms with Crippen LogP contribution in [-0.2, 0) is 9.53 Å². The van der Waals surface area contributed by atoms with Crippen LogP contribution in [-0.4, -0.2) is 27.2 Å². The van der Waals surface area contributed by atoms with Crippen LogP contribution in [0.4, 0.5) is 5.95 Å². The van der Waals surface area contributed by atoms with E-state index in [0.29, 0.717) is 23.8 Å². The number of aromatic hydroxyl groups is 1. The number of nitrogens with one attached hydrogen (secondary N) is 1. The summed E-state index contributed by atoms with van der Waals surface area (Å²) in [5.41, 5.74) is 3.72. The van der Waals surface area contributed by atoms with Crippen molar-refractivity contribution in [1.29, 1.82) is 0 Å². The number of imidazole rings is 1. The Morgan fingerprint density at radius 2 is 2.08 bits per heavy atom. The minimum atomic E-state index is -0.440. The molecular formula is C20H19N3O3. The first-order valence-corrected chi connectivity index (χ1v) is 8.51. The Balaban J connectivity index is 1.99. The van der Waals surface area contributed by atoms with Crippen LogP contribution < -0.4 is 5.32 Å². The summed E-state index contributed by atoms with van der Waals surface area (Å²) >= 11 is 0. The molecule has 0 bridgehead atoms. The summed E-state index contributed by atoms with van der Waals surface area (Å²) in [6.45, 7) is 3.91. The predicted octanol–water partition coefficient (Wildman–Crippen LogP) is 3.59. The molecule has 0 spiro atoms. The summed E-state index contributed by atoms with van der Waals surface area (Å²) < 4.78 is 7.28. The number of benzene rings is 2. The average molecular weight is 349 g/mol. The van der Waals surface area contributed by atoms with Gasteiger partial charge in [0.05, 0.1) is 29.3 Å². The summed E-state index contributed by atoms with van der Waals surface area (Å²) in [6, 6.07) is 14.3. The highest BCUT2D eigenvalue weighted by Crippen LogP contribution is 2.40. The Morgan fingerprint density at radius 1 is 1.27 bits per heavy atom. The van der Waals surface area contributed by atoms with Gasteiger partial charge in [0.2, 0.25) is 5.95 Å². The molecule has 0 unspecified atom stereocenters. The van der Waals surface area contributed by atoms with Crippen LogP contribution in [0.3, 0.4) is 0 Å². The maximum Gasteiger partial charge on any atom is 0.338 e. The molecule has 4 rings (SSSR count). The monoisotopic (exact) mass is 349 g/mol. The summed E-state index contributed by atoms with van der Waals surface area (Å²) in [6.07, 6.45) is 0. The van der Waals surface area contributed by atoms with Gasteiger partial charge in [-0.1, -0.05) is 24.3 Å². The first-order valence-electron chi connectivity index (χ1n) is 8.51. The molecule has 0 aliphatic carbocycles. The molecule has 0 radical (unpaired) electrons. The molecule has 6 nitrogen and oxygen atoms in total. The number of rotatable bonds is 3. The number of phenols is 1. The van der Waals surface area contributed by atoms with Gasteiger partial charge in [0.25, 0.3) is 0 Å². The van der Waals surface area contributed by atoms with E-state index in [1.165, 1.54) is 0 Å². The predicted molar refractivity (Wildman–Crippen MR) is 98.9 cm³/mol. The molecule has 0 amide bonds. The number of carbonyl (C=O) groups is 1. The van der Waals surface area contributed by atoms with Crippen molar-refractivity contribution in [2.45, 2.75) is 19.9 Å². The highest BCUT2D eigenvalue weighted by atomic mass is 16.5.